The summed E-state index contributed by atoms with van der Waals surface area (Å²) in [6, 6.07) is 0. The molecule has 0 spiro atoms. The molecule has 0 rings (SSSR count). The van der Waals surface area contributed by atoms with Gasteiger partial charge in [0.25, 0.3) is 0 Å². The van der Waals surface area contributed by atoms with E-state index in [-0.39, 0.29) is 25.7 Å². The molecule has 0 aromatic rings. The third-order valence-electron chi connectivity index (χ3n) is 5.77. The average molecular weight is 554 g/mol. The molecule has 0 bridgehead atoms. The van der Waals surface area contributed by atoms with Crippen molar-refractivity contribution in [3.8, 4) is 0 Å². The highest BCUT2D eigenvalue weighted by Crippen LogP contribution is 2.35. The van der Waals surface area contributed by atoms with Crippen molar-refractivity contribution < 1.29 is 42.7 Å². The highest BCUT2D eigenvalue weighted by atomic mass is 31.2. The third kappa shape index (κ3) is 29.4. The lowest BCUT2D eigenvalue weighted by atomic mass is 10.1. The first-order chi connectivity index (χ1) is 17.7. The normalized spacial score (nSPS) is 12.4. The number of unbranched alkanes of at least 4 members (excludes halogenated alkanes) is 13. The molecule has 0 aromatic carbocycles. The Hall–Kier alpha value is -1.03. The molecular formula is C26H52NO9P. The second kappa shape index (κ2) is 25.3. The van der Waals surface area contributed by atoms with Crippen LogP contribution in [0.1, 0.15) is 117 Å². The minimum absolute atomic E-state index is 0.00106. The lowest BCUT2D eigenvalue weighted by Crippen LogP contribution is -2.28. The van der Waals surface area contributed by atoms with Crippen molar-refractivity contribution in [2.45, 2.75) is 123 Å². The van der Waals surface area contributed by atoms with E-state index in [9.17, 15) is 14.2 Å². The predicted molar refractivity (Wildman–Crippen MR) is 143 cm³/mol. The van der Waals surface area contributed by atoms with Gasteiger partial charge in [-0.15, -0.1) is 0 Å². The maximum atomic E-state index is 12.2. The summed E-state index contributed by atoms with van der Waals surface area (Å²) in [5.41, 5.74) is 0. The Morgan fingerprint density at radius 2 is 1.35 bits per heavy atom. The summed E-state index contributed by atoms with van der Waals surface area (Å²) in [5, 5.41) is 2.78. The largest absolute Gasteiger partial charge is 0.469 e. The van der Waals surface area contributed by atoms with Crippen molar-refractivity contribution >= 4 is 19.7 Å². The quantitative estimate of drug-likeness (QED) is 0.0528. The van der Waals surface area contributed by atoms with Crippen LogP contribution in [0.25, 0.3) is 0 Å². The monoisotopic (exact) mass is 553 g/mol. The Balaban J connectivity index is 3.89. The summed E-state index contributed by atoms with van der Waals surface area (Å²) in [7, 11) is -4.68. The number of amides is 1. The molecule has 1 amide bonds. The lowest BCUT2D eigenvalue weighted by Gasteiger charge is -2.18. The molecule has 0 aliphatic rings. The van der Waals surface area contributed by atoms with Crippen molar-refractivity contribution in [1.82, 2.24) is 5.32 Å². The predicted octanol–water partition coefficient (Wildman–Crippen LogP) is 5.40. The molecule has 0 heterocycles. The number of phosphoric acid groups is 1. The number of nitrogens with one attached hydrogen (secondary N) is 1. The highest BCUT2D eigenvalue weighted by molar-refractivity contribution is 7.46. The van der Waals surface area contributed by atoms with Crippen molar-refractivity contribution in [2.75, 3.05) is 33.2 Å². The number of hydrogen-bond donors (Lipinski definition) is 3. The topological polar surface area (TPSA) is 141 Å². The first kappa shape index (κ1) is 36.0. The molecule has 0 aromatic heterocycles. The van der Waals surface area contributed by atoms with Crippen LogP contribution in [-0.4, -0.2) is 60.9 Å². The van der Waals surface area contributed by atoms with Gasteiger partial charge in [-0.25, -0.2) is 4.57 Å². The van der Waals surface area contributed by atoms with E-state index in [1.54, 1.807) is 0 Å². The fourth-order valence-corrected chi connectivity index (χ4v) is 4.08. The van der Waals surface area contributed by atoms with E-state index in [1.165, 1.54) is 45.4 Å². The summed E-state index contributed by atoms with van der Waals surface area (Å²) < 4.78 is 31.7. The van der Waals surface area contributed by atoms with Gasteiger partial charge in [0, 0.05) is 26.5 Å². The Bertz CT molecular complexity index is 601. The Morgan fingerprint density at radius 3 is 1.95 bits per heavy atom. The fraction of sp³-hybridized carbons (Fsp3) is 0.923. The van der Waals surface area contributed by atoms with Gasteiger partial charge in [0.1, 0.15) is 12.9 Å². The molecule has 10 nitrogen and oxygen atoms in total. The molecule has 11 heteroatoms. The van der Waals surface area contributed by atoms with Crippen LogP contribution in [0.15, 0.2) is 0 Å². The van der Waals surface area contributed by atoms with Gasteiger partial charge >= 0.3 is 13.8 Å². The minimum Gasteiger partial charge on any atom is -0.457 e. The minimum atomic E-state index is -4.68. The number of esters is 1. The van der Waals surface area contributed by atoms with Crippen molar-refractivity contribution in [2.24, 2.45) is 0 Å². The zero-order chi connectivity index (χ0) is 27.6. The summed E-state index contributed by atoms with van der Waals surface area (Å²) in [5.74, 6) is -0.420. The zero-order valence-corrected chi connectivity index (χ0v) is 24.0. The standard InChI is InChI=1S/C26H52NO9P/c1-3-4-5-6-7-8-9-12-15-18-26(29)36-25(22-35-37(30,31)32)21-34-23-33-20-17-14-11-10-13-16-19-27-24(2)28/h25H,3-23H2,1-2H3,(H,27,28)(H2,30,31,32)/t25-/m1/s1. The summed E-state index contributed by atoms with van der Waals surface area (Å²) in [4.78, 5) is 40.8. The SMILES string of the molecule is CCCCCCCCCCCC(=O)O[C@H](COCOCCCCCCCCNC(C)=O)COP(=O)(O)O. The maximum absolute atomic E-state index is 12.2. The average Bonchev–Trinajstić information content (AvgIpc) is 2.83. The van der Waals surface area contributed by atoms with Gasteiger partial charge in [0.15, 0.2) is 0 Å². The number of rotatable bonds is 27. The number of ether oxygens (including phenoxy) is 3. The molecule has 0 aliphatic carbocycles. The Morgan fingerprint density at radius 1 is 0.784 bits per heavy atom. The molecule has 0 radical (unpaired) electrons. The smallest absolute Gasteiger partial charge is 0.457 e. The number of carbonyl (C=O) groups is 2. The van der Waals surface area contributed by atoms with Gasteiger partial charge in [-0.2, -0.15) is 0 Å². The van der Waals surface area contributed by atoms with E-state index < -0.39 is 26.5 Å². The van der Waals surface area contributed by atoms with Crippen molar-refractivity contribution in [3.63, 3.8) is 0 Å². The second-order valence-corrected chi connectivity index (χ2v) is 10.7. The van der Waals surface area contributed by atoms with Gasteiger partial charge in [-0.3, -0.25) is 14.1 Å². The van der Waals surface area contributed by atoms with Gasteiger partial charge in [0.2, 0.25) is 5.91 Å². The highest BCUT2D eigenvalue weighted by Gasteiger charge is 2.21. The Kier molecular flexibility index (Phi) is 24.6. The molecule has 0 unspecified atom stereocenters. The molecule has 0 fully saturated rings. The van der Waals surface area contributed by atoms with Gasteiger partial charge in [-0.05, 0) is 19.3 Å². The van der Waals surface area contributed by atoms with Crippen LogP contribution < -0.4 is 5.32 Å². The van der Waals surface area contributed by atoms with Gasteiger partial charge in [-0.1, -0.05) is 84.0 Å². The summed E-state index contributed by atoms with van der Waals surface area (Å²) in [6.45, 7) is 4.46. The van der Waals surface area contributed by atoms with E-state index in [0.717, 1.165) is 64.3 Å². The summed E-state index contributed by atoms with van der Waals surface area (Å²) in [6.07, 6.45) is 15.8. The van der Waals surface area contributed by atoms with E-state index in [0.29, 0.717) is 6.61 Å². The van der Waals surface area contributed by atoms with Crippen LogP contribution >= 0.6 is 7.82 Å². The molecule has 0 saturated heterocycles. The number of phosphoric ester groups is 1. The molecule has 37 heavy (non-hydrogen) atoms. The fourth-order valence-electron chi connectivity index (χ4n) is 3.72. The van der Waals surface area contributed by atoms with Gasteiger partial charge < -0.3 is 29.3 Å². The second-order valence-electron chi connectivity index (χ2n) is 9.48. The van der Waals surface area contributed by atoms with E-state index in [1.807, 2.05) is 0 Å². The molecular weight excluding hydrogens is 501 g/mol. The zero-order valence-electron chi connectivity index (χ0n) is 23.1. The van der Waals surface area contributed by atoms with Crippen LogP contribution in [0.3, 0.4) is 0 Å². The third-order valence-corrected chi connectivity index (χ3v) is 6.26. The van der Waals surface area contributed by atoms with E-state index in [2.05, 4.69) is 16.8 Å². The van der Waals surface area contributed by atoms with Crippen LogP contribution in [0.4, 0.5) is 0 Å². The van der Waals surface area contributed by atoms with E-state index >= 15 is 0 Å². The number of hydrogen-bond acceptors (Lipinski definition) is 7. The molecule has 0 saturated carbocycles. The molecule has 3 N–H and O–H groups in total. The molecule has 0 aliphatic heterocycles. The van der Waals surface area contributed by atoms with Crippen LogP contribution in [0.2, 0.25) is 0 Å². The molecule has 1 atom stereocenters. The van der Waals surface area contributed by atoms with Crippen LogP contribution in [-0.2, 0) is 32.9 Å². The maximum Gasteiger partial charge on any atom is 0.469 e. The van der Waals surface area contributed by atoms with E-state index in [4.69, 9.17) is 24.0 Å². The summed E-state index contributed by atoms with van der Waals surface area (Å²) >= 11 is 0. The lowest BCUT2D eigenvalue weighted by molar-refractivity contribution is -0.158. The first-order valence-electron chi connectivity index (χ1n) is 14.0. The molecule has 220 valence electrons. The van der Waals surface area contributed by atoms with Crippen molar-refractivity contribution in [1.29, 1.82) is 0 Å². The van der Waals surface area contributed by atoms with Crippen molar-refractivity contribution in [3.05, 3.63) is 0 Å². The number of carbonyl (C=O) groups excluding carboxylic acids is 2. The van der Waals surface area contributed by atoms with Crippen LogP contribution in [0, 0.1) is 0 Å². The first-order valence-corrected chi connectivity index (χ1v) is 15.6. The van der Waals surface area contributed by atoms with Gasteiger partial charge in [0.05, 0.1) is 13.2 Å². The Labute approximate surface area is 223 Å². The van der Waals surface area contributed by atoms with Crippen LogP contribution in [0.5, 0.6) is 0 Å².